The zero-order valence-corrected chi connectivity index (χ0v) is 20.6. The molecule has 174 valence electrons. The number of anilines is 1. The number of carbonyl (C=O) groups excluding carboxylic acids is 1. The lowest BCUT2D eigenvalue weighted by Gasteiger charge is -2.19. The van der Waals surface area contributed by atoms with E-state index < -0.39 is 5.97 Å². The summed E-state index contributed by atoms with van der Waals surface area (Å²) in [6.07, 6.45) is 1.64. The molecule has 0 aliphatic heterocycles. The smallest absolute Gasteiger partial charge is 0.350 e. The molecule has 0 spiro atoms. The van der Waals surface area contributed by atoms with Crippen LogP contribution in [0.4, 0.5) is 5.13 Å². The predicted octanol–water partition coefficient (Wildman–Crippen LogP) is 5.57. The largest absolute Gasteiger partial charge is 0.493 e. The molecular formula is C25H29N3O4S. The van der Waals surface area contributed by atoms with E-state index in [0.717, 1.165) is 11.1 Å². The second-order valence-electron chi connectivity index (χ2n) is 8.44. The number of hydrazone groups is 1. The van der Waals surface area contributed by atoms with Gasteiger partial charge in [0.25, 0.3) is 0 Å². The molecule has 1 heterocycles. The Morgan fingerprint density at radius 1 is 1.12 bits per heavy atom. The number of aromatic nitrogens is 1. The summed E-state index contributed by atoms with van der Waals surface area (Å²) in [5, 5.41) is 4.71. The summed E-state index contributed by atoms with van der Waals surface area (Å²) >= 11 is 1.19. The third-order valence-electron chi connectivity index (χ3n) is 4.94. The van der Waals surface area contributed by atoms with Gasteiger partial charge in [0.15, 0.2) is 11.5 Å². The van der Waals surface area contributed by atoms with Gasteiger partial charge in [-0.1, -0.05) is 56.4 Å². The van der Waals surface area contributed by atoms with E-state index in [1.807, 2.05) is 18.2 Å². The van der Waals surface area contributed by atoms with Crippen molar-refractivity contribution in [1.82, 2.24) is 4.98 Å². The van der Waals surface area contributed by atoms with E-state index in [-0.39, 0.29) is 5.41 Å². The van der Waals surface area contributed by atoms with Crippen LogP contribution in [0.5, 0.6) is 11.5 Å². The topological polar surface area (TPSA) is 82.0 Å². The quantitative estimate of drug-likeness (QED) is 0.265. The summed E-state index contributed by atoms with van der Waals surface area (Å²) in [5.41, 5.74) is 6.76. The molecule has 0 amide bonds. The van der Waals surface area contributed by atoms with Crippen molar-refractivity contribution in [3.05, 3.63) is 69.7 Å². The number of thiazole rings is 1. The first-order chi connectivity index (χ1) is 15.7. The van der Waals surface area contributed by atoms with Crippen molar-refractivity contribution < 1.29 is 19.0 Å². The van der Waals surface area contributed by atoms with Crippen LogP contribution >= 0.6 is 11.3 Å². The van der Waals surface area contributed by atoms with Crippen LogP contribution < -0.4 is 14.9 Å². The van der Waals surface area contributed by atoms with E-state index in [0.29, 0.717) is 33.8 Å². The Morgan fingerprint density at radius 3 is 2.48 bits per heavy atom. The Labute approximate surface area is 198 Å². The van der Waals surface area contributed by atoms with Crippen molar-refractivity contribution in [1.29, 1.82) is 0 Å². The van der Waals surface area contributed by atoms with E-state index in [2.05, 4.69) is 60.5 Å². The van der Waals surface area contributed by atoms with Crippen LogP contribution in [0.3, 0.4) is 0 Å². The van der Waals surface area contributed by atoms with Crippen LogP contribution in [-0.4, -0.2) is 31.4 Å². The molecule has 0 fully saturated rings. The highest BCUT2D eigenvalue weighted by Gasteiger charge is 2.15. The lowest BCUT2D eigenvalue weighted by Crippen LogP contribution is -2.10. The molecule has 7 nitrogen and oxygen atoms in total. The van der Waals surface area contributed by atoms with Crippen molar-refractivity contribution >= 4 is 28.7 Å². The van der Waals surface area contributed by atoms with Crippen LogP contribution in [0, 0.1) is 6.92 Å². The molecule has 3 aromatic rings. The standard InChI is InChI=1S/C25H29N3O4S/c1-16-22(23(29)31-6)33-24(27-16)28-26-14-18-9-12-20(21(13-18)30-5)32-15-17-7-10-19(11-8-17)25(2,3)4/h7-14H,15H2,1-6H3,(H,27,28)/b26-14-. The highest BCUT2D eigenvalue weighted by Crippen LogP contribution is 2.29. The number of esters is 1. The fraction of sp³-hybridized carbons (Fsp3) is 0.320. The molecule has 0 atom stereocenters. The average molecular weight is 468 g/mol. The van der Waals surface area contributed by atoms with Gasteiger partial charge in [0.1, 0.15) is 11.5 Å². The molecule has 1 N–H and O–H groups in total. The number of hydrogen-bond donors (Lipinski definition) is 1. The van der Waals surface area contributed by atoms with Gasteiger partial charge in [0.2, 0.25) is 5.13 Å². The normalized spacial score (nSPS) is 11.5. The molecule has 2 aromatic carbocycles. The summed E-state index contributed by atoms with van der Waals surface area (Å²) in [6.45, 7) is 8.78. The molecule has 0 unspecified atom stereocenters. The first kappa shape index (κ1) is 24.3. The van der Waals surface area contributed by atoms with Gasteiger partial charge in [-0.15, -0.1) is 0 Å². The van der Waals surface area contributed by atoms with E-state index in [9.17, 15) is 4.79 Å². The van der Waals surface area contributed by atoms with Crippen LogP contribution in [0.25, 0.3) is 0 Å². The molecule has 0 aliphatic carbocycles. The molecule has 8 heteroatoms. The van der Waals surface area contributed by atoms with Crippen LogP contribution in [0.15, 0.2) is 47.6 Å². The predicted molar refractivity (Wildman–Crippen MR) is 132 cm³/mol. The fourth-order valence-corrected chi connectivity index (χ4v) is 3.87. The van der Waals surface area contributed by atoms with Gasteiger partial charge >= 0.3 is 5.97 Å². The zero-order chi connectivity index (χ0) is 24.0. The number of carbonyl (C=O) groups is 1. The minimum atomic E-state index is -0.410. The highest BCUT2D eigenvalue weighted by molar-refractivity contribution is 7.17. The number of nitrogens with one attached hydrogen (secondary N) is 1. The van der Waals surface area contributed by atoms with Crippen LogP contribution in [0.2, 0.25) is 0 Å². The van der Waals surface area contributed by atoms with Crippen molar-refractivity contribution in [2.75, 3.05) is 19.6 Å². The number of aryl methyl sites for hydroxylation is 1. The maximum atomic E-state index is 11.7. The molecular weight excluding hydrogens is 438 g/mol. The fourth-order valence-electron chi connectivity index (χ4n) is 3.03. The van der Waals surface area contributed by atoms with Crippen molar-refractivity contribution in [2.24, 2.45) is 5.10 Å². The summed E-state index contributed by atoms with van der Waals surface area (Å²) < 4.78 is 16.2. The van der Waals surface area contributed by atoms with E-state index in [1.165, 1.54) is 24.0 Å². The molecule has 0 saturated heterocycles. The number of hydrogen-bond acceptors (Lipinski definition) is 8. The van der Waals surface area contributed by atoms with Gasteiger partial charge in [-0.2, -0.15) is 5.10 Å². The van der Waals surface area contributed by atoms with Crippen molar-refractivity contribution in [3.63, 3.8) is 0 Å². The molecule has 3 rings (SSSR count). The molecule has 0 aliphatic rings. The maximum Gasteiger partial charge on any atom is 0.350 e. The SMILES string of the molecule is COC(=O)c1sc(N/N=C\c2ccc(OCc3ccc(C(C)(C)C)cc3)c(OC)c2)nc1C. The molecule has 0 radical (unpaired) electrons. The van der Waals surface area contributed by atoms with E-state index in [4.69, 9.17) is 14.2 Å². The Bertz CT molecular complexity index is 1130. The summed E-state index contributed by atoms with van der Waals surface area (Å²) in [4.78, 5) is 16.4. The maximum absolute atomic E-state index is 11.7. The second kappa shape index (κ2) is 10.5. The van der Waals surface area contributed by atoms with Gasteiger partial charge < -0.3 is 14.2 Å². The number of methoxy groups -OCH3 is 2. The molecule has 0 bridgehead atoms. The van der Waals surface area contributed by atoms with Crippen LogP contribution in [-0.2, 0) is 16.8 Å². The zero-order valence-electron chi connectivity index (χ0n) is 19.8. The minimum absolute atomic E-state index is 0.122. The monoisotopic (exact) mass is 467 g/mol. The van der Waals surface area contributed by atoms with Gasteiger partial charge in [-0.25, -0.2) is 9.78 Å². The molecule has 1 aromatic heterocycles. The summed E-state index contributed by atoms with van der Waals surface area (Å²) in [6, 6.07) is 14.0. The first-order valence-electron chi connectivity index (χ1n) is 10.5. The molecule has 33 heavy (non-hydrogen) atoms. The Kier molecular flexibility index (Phi) is 7.71. The third kappa shape index (κ3) is 6.32. The summed E-state index contributed by atoms with van der Waals surface area (Å²) in [5.74, 6) is 0.858. The minimum Gasteiger partial charge on any atom is -0.493 e. The highest BCUT2D eigenvalue weighted by atomic mass is 32.1. The van der Waals surface area contributed by atoms with E-state index >= 15 is 0 Å². The van der Waals surface area contributed by atoms with Gasteiger partial charge in [0, 0.05) is 0 Å². The average Bonchev–Trinajstić information content (AvgIpc) is 3.17. The third-order valence-corrected chi connectivity index (χ3v) is 5.99. The summed E-state index contributed by atoms with van der Waals surface area (Å²) in [7, 11) is 2.95. The number of ether oxygens (including phenoxy) is 3. The van der Waals surface area contributed by atoms with Crippen LogP contribution in [0.1, 0.15) is 52.8 Å². The van der Waals surface area contributed by atoms with Crippen molar-refractivity contribution in [3.8, 4) is 11.5 Å². The van der Waals surface area contributed by atoms with Gasteiger partial charge in [0.05, 0.1) is 26.1 Å². The number of rotatable bonds is 8. The molecule has 0 saturated carbocycles. The van der Waals surface area contributed by atoms with Gasteiger partial charge in [-0.05, 0) is 47.2 Å². The first-order valence-corrected chi connectivity index (χ1v) is 11.3. The van der Waals surface area contributed by atoms with Crippen molar-refractivity contribution in [2.45, 2.75) is 39.7 Å². The number of nitrogens with zero attached hydrogens (tertiary/aromatic N) is 2. The lowest BCUT2D eigenvalue weighted by atomic mass is 9.87. The number of benzene rings is 2. The lowest BCUT2D eigenvalue weighted by molar-refractivity contribution is 0.0605. The van der Waals surface area contributed by atoms with E-state index in [1.54, 1.807) is 20.2 Å². The Hall–Kier alpha value is -3.39. The second-order valence-corrected chi connectivity index (χ2v) is 9.44. The van der Waals surface area contributed by atoms with Gasteiger partial charge in [-0.3, -0.25) is 5.43 Å². The Balaban J connectivity index is 1.63. The Morgan fingerprint density at radius 2 is 1.85 bits per heavy atom.